The van der Waals surface area contributed by atoms with Crippen molar-refractivity contribution in [1.29, 1.82) is 0 Å². The second-order valence-corrected chi connectivity index (χ2v) is 9.71. The molecular weight excluding hydrogens is 484 g/mol. The number of nitrogens with zero attached hydrogens (tertiary/aromatic N) is 3. The van der Waals surface area contributed by atoms with E-state index in [-0.39, 0.29) is 5.91 Å². The Morgan fingerprint density at radius 1 is 1.14 bits per heavy atom. The van der Waals surface area contributed by atoms with E-state index in [0.717, 1.165) is 49.2 Å². The molecule has 192 valence electrons. The summed E-state index contributed by atoms with van der Waals surface area (Å²) in [6, 6.07) is 15.5. The summed E-state index contributed by atoms with van der Waals surface area (Å²) in [4.78, 5) is 34.4. The van der Waals surface area contributed by atoms with E-state index in [1.54, 1.807) is 22.4 Å². The second kappa shape index (κ2) is 12.5. The van der Waals surface area contributed by atoms with Gasteiger partial charge in [-0.1, -0.05) is 42.5 Å². The van der Waals surface area contributed by atoms with Crippen LogP contribution in [-0.4, -0.2) is 53.5 Å². The third kappa shape index (κ3) is 6.34. The van der Waals surface area contributed by atoms with Gasteiger partial charge in [-0.25, -0.2) is 4.79 Å². The van der Waals surface area contributed by atoms with Crippen LogP contribution in [0.4, 0.5) is 10.5 Å². The lowest BCUT2D eigenvalue weighted by molar-refractivity contribution is 0.0829. The van der Waals surface area contributed by atoms with E-state index in [1.807, 2.05) is 67.2 Å². The van der Waals surface area contributed by atoms with Gasteiger partial charge in [0.2, 0.25) is 0 Å². The number of methoxy groups -OCH3 is 1. The van der Waals surface area contributed by atoms with Crippen molar-refractivity contribution in [2.24, 2.45) is 0 Å². The predicted octanol–water partition coefficient (Wildman–Crippen LogP) is 6.02. The van der Waals surface area contributed by atoms with Crippen LogP contribution in [0.15, 0.2) is 78.6 Å². The number of hydrogen-bond donors (Lipinski definition) is 1. The van der Waals surface area contributed by atoms with Crippen LogP contribution in [-0.2, 0) is 11.3 Å². The lowest BCUT2D eigenvalue weighted by atomic mass is 9.87. The normalized spacial score (nSPS) is 13.6. The standard InChI is InChI=1S/C29H32N4O3S/c1-4-33(5-2)28(34)23-12-10-21(11-13-23)27(25-8-6-7-9-26(25)31-29(35)36-3)22-14-16-32(17-15-22)19-24-18-30-20-37-24/h4,6-13,18,20H,1,5,14-17,19H2,2-3H3,(H,31,35). The summed E-state index contributed by atoms with van der Waals surface area (Å²) >= 11 is 1.68. The largest absolute Gasteiger partial charge is 0.453 e. The molecular formula is C29H32N4O3S. The number of amides is 2. The minimum atomic E-state index is -0.513. The summed E-state index contributed by atoms with van der Waals surface area (Å²) < 4.78 is 4.86. The number of likely N-dealkylation sites (tertiary alicyclic amines) is 1. The van der Waals surface area contributed by atoms with Gasteiger partial charge in [0.25, 0.3) is 5.91 Å². The lowest BCUT2D eigenvalue weighted by Gasteiger charge is -2.30. The molecule has 1 saturated heterocycles. The maximum Gasteiger partial charge on any atom is 0.411 e. The molecule has 0 unspecified atom stereocenters. The molecule has 1 fully saturated rings. The Hall–Kier alpha value is -3.75. The summed E-state index contributed by atoms with van der Waals surface area (Å²) in [5.41, 5.74) is 7.50. The van der Waals surface area contributed by atoms with E-state index in [1.165, 1.54) is 17.6 Å². The number of rotatable bonds is 8. The minimum Gasteiger partial charge on any atom is -0.453 e. The van der Waals surface area contributed by atoms with Crippen molar-refractivity contribution >= 4 is 34.6 Å². The Labute approximate surface area is 222 Å². The van der Waals surface area contributed by atoms with Crippen molar-refractivity contribution in [2.45, 2.75) is 26.3 Å². The monoisotopic (exact) mass is 516 g/mol. The van der Waals surface area contributed by atoms with Crippen molar-refractivity contribution in [2.75, 3.05) is 32.1 Å². The van der Waals surface area contributed by atoms with Gasteiger partial charge in [0.15, 0.2) is 0 Å². The highest BCUT2D eigenvalue weighted by molar-refractivity contribution is 7.09. The molecule has 0 aliphatic carbocycles. The van der Waals surface area contributed by atoms with Crippen molar-refractivity contribution in [3.05, 3.63) is 100 Å². The number of carbonyl (C=O) groups is 2. The molecule has 1 aliphatic heterocycles. The number of piperidine rings is 1. The average molecular weight is 517 g/mol. The van der Waals surface area contributed by atoms with Crippen molar-refractivity contribution in [3.8, 4) is 0 Å². The van der Waals surface area contributed by atoms with Gasteiger partial charge < -0.3 is 9.64 Å². The van der Waals surface area contributed by atoms with E-state index in [9.17, 15) is 9.59 Å². The Balaban J connectivity index is 1.69. The van der Waals surface area contributed by atoms with Gasteiger partial charge in [0.05, 0.1) is 18.3 Å². The molecule has 0 radical (unpaired) electrons. The van der Waals surface area contributed by atoms with Crippen LogP contribution in [0.2, 0.25) is 0 Å². The average Bonchev–Trinajstić information content (AvgIpc) is 3.45. The molecule has 2 heterocycles. The molecule has 2 aromatic carbocycles. The van der Waals surface area contributed by atoms with Crippen LogP contribution in [0.3, 0.4) is 0 Å². The first kappa shape index (κ1) is 26.3. The Morgan fingerprint density at radius 2 is 1.84 bits per heavy atom. The quantitative estimate of drug-likeness (QED) is 0.396. The Bertz CT molecular complexity index is 1260. The molecule has 1 aliphatic rings. The predicted molar refractivity (Wildman–Crippen MR) is 148 cm³/mol. The zero-order chi connectivity index (χ0) is 26.2. The maximum absolute atomic E-state index is 12.8. The number of thiazole rings is 1. The first-order chi connectivity index (χ1) is 18.0. The zero-order valence-electron chi connectivity index (χ0n) is 21.3. The SMILES string of the molecule is C=CN(CC)C(=O)c1ccc(C(=C2CCN(Cc3cncs3)CC2)c2ccccc2NC(=O)OC)cc1. The van der Waals surface area contributed by atoms with Crippen LogP contribution < -0.4 is 5.32 Å². The summed E-state index contributed by atoms with van der Waals surface area (Å²) in [5.74, 6) is -0.0811. The maximum atomic E-state index is 12.8. The molecule has 8 heteroatoms. The lowest BCUT2D eigenvalue weighted by Crippen LogP contribution is -2.30. The second-order valence-electron chi connectivity index (χ2n) is 8.74. The number of aromatic nitrogens is 1. The topological polar surface area (TPSA) is 74.8 Å². The zero-order valence-corrected chi connectivity index (χ0v) is 22.1. The molecule has 2 amide bonds. The molecule has 1 N–H and O–H groups in total. The van der Waals surface area contributed by atoms with E-state index in [2.05, 4.69) is 21.8 Å². The van der Waals surface area contributed by atoms with Crippen LogP contribution in [0.25, 0.3) is 5.57 Å². The molecule has 3 aromatic rings. The Kier molecular flexibility index (Phi) is 8.87. The van der Waals surface area contributed by atoms with E-state index < -0.39 is 6.09 Å². The van der Waals surface area contributed by atoms with Gasteiger partial charge >= 0.3 is 6.09 Å². The highest BCUT2D eigenvalue weighted by Crippen LogP contribution is 2.36. The van der Waals surface area contributed by atoms with Gasteiger partial charge in [-0.15, -0.1) is 11.3 Å². The molecule has 0 atom stereocenters. The molecule has 37 heavy (non-hydrogen) atoms. The van der Waals surface area contributed by atoms with Crippen LogP contribution >= 0.6 is 11.3 Å². The summed E-state index contributed by atoms with van der Waals surface area (Å²) in [6.45, 7) is 9.00. The van der Waals surface area contributed by atoms with Crippen LogP contribution in [0.5, 0.6) is 0 Å². The molecule has 0 saturated carbocycles. The highest BCUT2D eigenvalue weighted by Gasteiger charge is 2.22. The van der Waals surface area contributed by atoms with Gasteiger partial charge in [0, 0.05) is 48.4 Å². The van der Waals surface area contributed by atoms with Crippen molar-refractivity contribution in [1.82, 2.24) is 14.8 Å². The summed E-state index contributed by atoms with van der Waals surface area (Å²) in [5, 5.41) is 2.86. The summed E-state index contributed by atoms with van der Waals surface area (Å²) in [7, 11) is 1.36. The third-order valence-corrected chi connectivity index (χ3v) is 7.30. The first-order valence-electron chi connectivity index (χ1n) is 12.3. The van der Waals surface area contributed by atoms with Gasteiger partial charge in [-0.05, 0) is 55.3 Å². The minimum absolute atomic E-state index is 0.0811. The smallest absolute Gasteiger partial charge is 0.411 e. The van der Waals surface area contributed by atoms with Gasteiger partial charge in [0.1, 0.15) is 0 Å². The number of carbonyl (C=O) groups excluding carboxylic acids is 2. The van der Waals surface area contributed by atoms with E-state index in [0.29, 0.717) is 17.8 Å². The van der Waals surface area contributed by atoms with Crippen molar-refractivity contribution < 1.29 is 14.3 Å². The molecule has 0 spiro atoms. The van der Waals surface area contributed by atoms with Crippen molar-refractivity contribution in [3.63, 3.8) is 0 Å². The van der Waals surface area contributed by atoms with E-state index >= 15 is 0 Å². The fourth-order valence-corrected chi connectivity index (χ4v) is 5.23. The first-order valence-corrected chi connectivity index (χ1v) is 13.2. The van der Waals surface area contributed by atoms with Gasteiger partial charge in [-0.3, -0.25) is 20.0 Å². The molecule has 4 rings (SSSR count). The van der Waals surface area contributed by atoms with Crippen LogP contribution in [0, 0.1) is 0 Å². The molecule has 0 bridgehead atoms. The number of nitrogens with one attached hydrogen (secondary N) is 1. The van der Waals surface area contributed by atoms with Crippen LogP contribution in [0.1, 0.15) is 46.1 Å². The number of anilines is 1. The summed E-state index contributed by atoms with van der Waals surface area (Å²) in [6.07, 6.45) is 4.79. The molecule has 1 aromatic heterocycles. The van der Waals surface area contributed by atoms with E-state index in [4.69, 9.17) is 4.74 Å². The number of para-hydroxylation sites is 1. The fraction of sp³-hybridized carbons (Fsp3) is 0.276. The molecule has 7 nitrogen and oxygen atoms in total. The fourth-order valence-electron chi connectivity index (χ4n) is 4.59. The number of hydrogen-bond acceptors (Lipinski definition) is 6. The number of ether oxygens (including phenoxy) is 1. The Morgan fingerprint density at radius 3 is 2.46 bits per heavy atom. The third-order valence-electron chi connectivity index (χ3n) is 6.54. The van der Waals surface area contributed by atoms with Gasteiger partial charge in [-0.2, -0.15) is 0 Å². The highest BCUT2D eigenvalue weighted by atomic mass is 32.1. The number of benzene rings is 2.